The van der Waals surface area contributed by atoms with Crippen LogP contribution in [-0.4, -0.2) is 11.2 Å². The summed E-state index contributed by atoms with van der Waals surface area (Å²) in [5, 5.41) is 10.9. The third-order valence-electron chi connectivity index (χ3n) is 7.77. The number of rotatable bonds is 0. The second kappa shape index (κ2) is 2.13. The summed E-state index contributed by atoms with van der Waals surface area (Å²) in [5.74, 6) is 1.69. The third kappa shape index (κ3) is 0.592. The summed E-state index contributed by atoms with van der Waals surface area (Å²) in [7, 11) is 0. The molecule has 5 rings (SSSR count). The quantitative estimate of drug-likeness (QED) is 0.664. The van der Waals surface area contributed by atoms with Gasteiger partial charge in [-0.3, -0.25) is 0 Å². The van der Waals surface area contributed by atoms with E-state index < -0.39 is 0 Å². The lowest BCUT2D eigenvalue weighted by atomic mass is 9.48. The minimum Gasteiger partial charge on any atom is -0.392 e. The van der Waals surface area contributed by atoms with Crippen LogP contribution in [-0.2, 0) is 0 Å². The fourth-order valence-corrected chi connectivity index (χ4v) is 7.20. The summed E-state index contributed by atoms with van der Waals surface area (Å²) in [6.07, 6.45) is 5.35. The highest BCUT2D eigenvalue weighted by Crippen LogP contribution is 2.94. The van der Waals surface area contributed by atoms with Gasteiger partial charge < -0.3 is 5.11 Å². The molecule has 5 fully saturated rings. The Hall–Kier alpha value is -0.0400. The normalized spacial score (nSPS) is 69.2. The van der Waals surface area contributed by atoms with Crippen molar-refractivity contribution in [3.63, 3.8) is 0 Å². The predicted octanol–water partition coefficient (Wildman–Crippen LogP) is 3.22. The summed E-state index contributed by atoms with van der Waals surface area (Å²) < 4.78 is 0. The molecule has 1 nitrogen and oxygen atoms in total. The van der Waals surface area contributed by atoms with Crippen molar-refractivity contribution in [2.75, 3.05) is 0 Å². The van der Waals surface area contributed by atoms with Crippen molar-refractivity contribution < 1.29 is 5.11 Å². The summed E-state index contributed by atoms with van der Waals surface area (Å²) >= 11 is 0. The lowest BCUT2D eigenvalue weighted by Gasteiger charge is -2.57. The lowest BCUT2D eigenvalue weighted by Crippen LogP contribution is -2.53. The average molecular weight is 220 g/mol. The summed E-state index contributed by atoms with van der Waals surface area (Å²) in [6.45, 7) is 9.70. The zero-order valence-corrected chi connectivity index (χ0v) is 11.0. The molecule has 0 radical (unpaired) electrons. The Morgan fingerprint density at radius 1 is 1.06 bits per heavy atom. The molecule has 4 bridgehead atoms. The highest BCUT2D eigenvalue weighted by atomic mass is 16.3. The van der Waals surface area contributed by atoms with Crippen LogP contribution in [0.25, 0.3) is 0 Å². The van der Waals surface area contributed by atoms with E-state index in [1.165, 1.54) is 25.7 Å². The Morgan fingerprint density at radius 3 is 2.25 bits per heavy atom. The molecule has 0 amide bonds. The second-order valence-corrected chi connectivity index (χ2v) is 8.18. The van der Waals surface area contributed by atoms with E-state index in [1.54, 1.807) is 0 Å². The summed E-state index contributed by atoms with van der Waals surface area (Å²) in [6, 6.07) is 0. The van der Waals surface area contributed by atoms with Crippen molar-refractivity contribution in [2.24, 2.45) is 33.5 Å². The number of hydrogen-bond acceptors (Lipinski definition) is 1. The van der Waals surface area contributed by atoms with Crippen molar-refractivity contribution >= 4 is 0 Å². The maximum absolute atomic E-state index is 10.9. The van der Waals surface area contributed by atoms with Gasteiger partial charge in [0.2, 0.25) is 0 Å². The molecule has 0 saturated heterocycles. The van der Waals surface area contributed by atoms with Gasteiger partial charge in [-0.25, -0.2) is 0 Å². The minimum absolute atomic E-state index is 0.0182. The van der Waals surface area contributed by atoms with E-state index in [0.29, 0.717) is 16.2 Å². The zero-order valence-electron chi connectivity index (χ0n) is 11.0. The van der Waals surface area contributed by atoms with E-state index >= 15 is 0 Å². The molecule has 0 aromatic carbocycles. The van der Waals surface area contributed by atoms with Crippen LogP contribution in [0, 0.1) is 33.5 Å². The van der Waals surface area contributed by atoms with Crippen LogP contribution in [0.15, 0.2) is 0 Å². The van der Waals surface area contributed by atoms with Gasteiger partial charge in [0.25, 0.3) is 0 Å². The Morgan fingerprint density at radius 2 is 1.75 bits per heavy atom. The zero-order chi connectivity index (χ0) is 11.6. The summed E-state index contributed by atoms with van der Waals surface area (Å²) in [5.41, 5.74) is 1.35. The van der Waals surface area contributed by atoms with Gasteiger partial charge in [-0.2, -0.15) is 0 Å². The molecule has 16 heavy (non-hydrogen) atoms. The molecule has 0 aromatic heterocycles. The molecule has 6 unspecified atom stereocenters. The SMILES string of the molecule is CC12C3CC4(C1O)C(C)(C)CCCC4(C)C32. The smallest absolute Gasteiger partial charge is 0.0666 e. The van der Waals surface area contributed by atoms with Crippen LogP contribution in [0.3, 0.4) is 0 Å². The van der Waals surface area contributed by atoms with E-state index in [9.17, 15) is 5.11 Å². The van der Waals surface area contributed by atoms with Gasteiger partial charge in [0, 0.05) is 10.8 Å². The fourth-order valence-electron chi connectivity index (χ4n) is 7.20. The standard InChI is InChI=1S/C15H24O/c1-12(2)6-5-7-13(3)10-9-8-15(12,13)11(16)14(9,10)4/h9-11,16H,5-8H2,1-4H3. The van der Waals surface area contributed by atoms with Crippen molar-refractivity contribution in [1.29, 1.82) is 0 Å². The van der Waals surface area contributed by atoms with Crippen LogP contribution >= 0.6 is 0 Å². The molecule has 5 aliphatic carbocycles. The van der Waals surface area contributed by atoms with Crippen LogP contribution in [0.4, 0.5) is 0 Å². The molecule has 5 saturated carbocycles. The van der Waals surface area contributed by atoms with Gasteiger partial charge in [0.05, 0.1) is 6.10 Å². The van der Waals surface area contributed by atoms with Crippen LogP contribution in [0.2, 0.25) is 0 Å². The van der Waals surface area contributed by atoms with Gasteiger partial charge >= 0.3 is 0 Å². The van der Waals surface area contributed by atoms with E-state index in [0.717, 1.165) is 11.8 Å². The second-order valence-electron chi connectivity index (χ2n) is 8.18. The molecule has 6 atom stereocenters. The minimum atomic E-state index is -0.0182. The molecular weight excluding hydrogens is 196 g/mol. The Balaban J connectivity index is 1.97. The van der Waals surface area contributed by atoms with E-state index in [1.807, 2.05) is 0 Å². The van der Waals surface area contributed by atoms with Gasteiger partial charge in [-0.15, -0.1) is 0 Å². The average Bonchev–Trinajstić information content (AvgIpc) is 2.45. The van der Waals surface area contributed by atoms with Crippen molar-refractivity contribution in [3.05, 3.63) is 0 Å². The molecule has 0 aromatic rings. The van der Waals surface area contributed by atoms with Crippen LogP contribution < -0.4 is 0 Å². The molecule has 0 aliphatic heterocycles. The van der Waals surface area contributed by atoms with Crippen molar-refractivity contribution in [3.8, 4) is 0 Å². The van der Waals surface area contributed by atoms with Crippen molar-refractivity contribution in [1.82, 2.24) is 0 Å². The molecule has 1 heteroatoms. The Labute approximate surface area is 98.6 Å². The molecule has 1 N–H and O–H groups in total. The van der Waals surface area contributed by atoms with Crippen LogP contribution in [0.5, 0.6) is 0 Å². The van der Waals surface area contributed by atoms with Gasteiger partial charge in [-0.1, -0.05) is 34.1 Å². The molecule has 0 heterocycles. The number of aliphatic hydroxyl groups excluding tert-OH is 1. The van der Waals surface area contributed by atoms with E-state index in [2.05, 4.69) is 27.7 Å². The highest BCUT2D eigenvalue weighted by Gasteiger charge is 2.92. The molecule has 90 valence electrons. The topological polar surface area (TPSA) is 20.2 Å². The third-order valence-corrected chi connectivity index (χ3v) is 7.77. The highest BCUT2D eigenvalue weighted by molar-refractivity contribution is 5.40. The maximum Gasteiger partial charge on any atom is 0.0666 e. The van der Waals surface area contributed by atoms with Gasteiger partial charge in [0.1, 0.15) is 0 Å². The molecule has 1 spiro atoms. The monoisotopic (exact) mass is 220 g/mol. The lowest BCUT2D eigenvalue weighted by molar-refractivity contribution is -0.129. The number of aliphatic hydroxyl groups is 1. The maximum atomic E-state index is 10.9. The molecule has 5 aliphatic rings. The first-order valence-electron chi connectivity index (χ1n) is 7.00. The first kappa shape index (κ1) is 9.94. The Bertz CT molecular complexity index is 387. The first-order chi connectivity index (χ1) is 7.32. The van der Waals surface area contributed by atoms with E-state index in [4.69, 9.17) is 0 Å². The van der Waals surface area contributed by atoms with Gasteiger partial charge in [-0.05, 0) is 41.9 Å². The predicted molar refractivity (Wildman–Crippen MR) is 63.9 cm³/mol. The van der Waals surface area contributed by atoms with E-state index in [-0.39, 0.29) is 11.5 Å². The number of hydrogen-bond donors (Lipinski definition) is 1. The fraction of sp³-hybridized carbons (Fsp3) is 1.00. The van der Waals surface area contributed by atoms with Crippen LogP contribution in [0.1, 0.15) is 53.4 Å². The largest absolute Gasteiger partial charge is 0.392 e. The van der Waals surface area contributed by atoms with Gasteiger partial charge in [0.15, 0.2) is 0 Å². The molecular formula is C15H24O. The Kier molecular flexibility index (Phi) is 1.33. The first-order valence-corrected chi connectivity index (χ1v) is 7.00. The summed E-state index contributed by atoms with van der Waals surface area (Å²) in [4.78, 5) is 0. The van der Waals surface area contributed by atoms with Crippen molar-refractivity contribution in [2.45, 2.75) is 59.5 Å².